The zero-order chi connectivity index (χ0) is 13.3. The Balaban J connectivity index is 2.71. The van der Waals surface area contributed by atoms with Crippen molar-refractivity contribution < 1.29 is 0 Å². The molecule has 0 spiro atoms. The molecule has 0 saturated heterocycles. The van der Waals surface area contributed by atoms with Gasteiger partial charge in [-0.3, -0.25) is 4.79 Å². The standard InChI is InChI=1S/C13H10Br2ClNO/c1-2-17-12(6-5-11(16)13(17)18)9-4-3-8(14)7-10(9)15/h3-7H,2H2,1H3. The molecule has 0 aliphatic carbocycles. The van der Waals surface area contributed by atoms with E-state index in [2.05, 4.69) is 31.9 Å². The van der Waals surface area contributed by atoms with E-state index in [0.717, 1.165) is 20.2 Å². The third kappa shape index (κ3) is 2.56. The lowest BCUT2D eigenvalue weighted by Gasteiger charge is -2.13. The van der Waals surface area contributed by atoms with E-state index < -0.39 is 0 Å². The van der Waals surface area contributed by atoms with Gasteiger partial charge in [-0.15, -0.1) is 0 Å². The topological polar surface area (TPSA) is 22.0 Å². The Hall–Kier alpha value is -0.580. The van der Waals surface area contributed by atoms with Gasteiger partial charge in [0.15, 0.2) is 0 Å². The summed E-state index contributed by atoms with van der Waals surface area (Å²) in [6.45, 7) is 2.51. The highest BCUT2D eigenvalue weighted by Gasteiger charge is 2.10. The maximum atomic E-state index is 12.0. The molecular formula is C13H10Br2ClNO. The number of aromatic nitrogens is 1. The molecule has 0 fully saturated rings. The van der Waals surface area contributed by atoms with Crippen molar-refractivity contribution in [3.05, 3.63) is 54.7 Å². The van der Waals surface area contributed by atoms with Crippen molar-refractivity contribution in [3.63, 3.8) is 0 Å². The van der Waals surface area contributed by atoms with Crippen LogP contribution in [-0.2, 0) is 6.54 Å². The number of pyridine rings is 1. The summed E-state index contributed by atoms with van der Waals surface area (Å²) in [6.07, 6.45) is 0. The second kappa shape index (κ2) is 5.59. The average Bonchev–Trinajstić information content (AvgIpc) is 2.33. The molecule has 5 heteroatoms. The first kappa shape index (κ1) is 13.8. The van der Waals surface area contributed by atoms with Crippen LogP contribution in [0.3, 0.4) is 0 Å². The fourth-order valence-corrected chi connectivity index (χ4v) is 3.21. The molecule has 0 saturated carbocycles. The fourth-order valence-electron chi connectivity index (χ4n) is 1.80. The number of hydrogen-bond acceptors (Lipinski definition) is 1. The van der Waals surface area contributed by atoms with Gasteiger partial charge in [0.1, 0.15) is 5.02 Å². The molecule has 1 aromatic carbocycles. The maximum absolute atomic E-state index is 12.0. The van der Waals surface area contributed by atoms with Crippen LogP contribution in [0.2, 0.25) is 5.02 Å². The molecule has 0 unspecified atom stereocenters. The predicted octanol–water partition coefficient (Wildman–Crippen LogP) is 4.71. The Morgan fingerprint density at radius 1 is 1.22 bits per heavy atom. The van der Waals surface area contributed by atoms with Gasteiger partial charge in [-0.25, -0.2) is 0 Å². The van der Waals surface area contributed by atoms with Gasteiger partial charge in [-0.05, 0) is 31.2 Å². The molecule has 2 nitrogen and oxygen atoms in total. The first-order chi connectivity index (χ1) is 8.54. The van der Waals surface area contributed by atoms with Crippen molar-refractivity contribution in [2.45, 2.75) is 13.5 Å². The molecule has 0 aliphatic rings. The normalized spacial score (nSPS) is 10.7. The summed E-state index contributed by atoms with van der Waals surface area (Å²) in [5.74, 6) is 0. The lowest BCUT2D eigenvalue weighted by molar-refractivity contribution is 0.736. The van der Waals surface area contributed by atoms with Gasteiger partial charge in [0, 0.05) is 21.1 Å². The number of hydrogen-bond donors (Lipinski definition) is 0. The summed E-state index contributed by atoms with van der Waals surface area (Å²) in [6, 6.07) is 9.36. The zero-order valence-corrected chi connectivity index (χ0v) is 13.5. The van der Waals surface area contributed by atoms with Crippen molar-refractivity contribution in [1.82, 2.24) is 4.57 Å². The third-order valence-electron chi connectivity index (χ3n) is 2.65. The van der Waals surface area contributed by atoms with E-state index in [0.29, 0.717) is 6.54 Å². The highest BCUT2D eigenvalue weighted by Crippen LogP contribution is 2.30. The van der Waals surface area contributed by atoms with Gasteiger partial charge in [0.05, 0.1) is 5.69 Å². The van der Waals surface area contributed by atoms with Gasteiger partial charge in [0.2, 0.25) is 0 Å². The second-order valence-corrected chi connectivity index (χ2v) is 5.92. The molecule has 0 N–H and O–H groups in total. The van der Waals surface area contributed by atoms with Crippen LogP contribution in [0.15, 0.2) is 44.1 Å². The number of halogens is 3. The van der Waals surface area contributed by atoms with Gasteiger partial charge < -0.3 is 4.57 Å². The van der Waals surface area contributed by atoms with Crippen LogP contribution in [0.1, 0.15) is 6.92 Å². The van der Waals surface area contributed by atoms with Crippen molar-refractivity contribution in [1.29, 1.82) is 0 Å². The molecular weight excluding hydrogens is 381 g/mol. The van der Waals surface area contributed by atoms with Crippen LogP contribution >= 0.6 is 43.5 Å². The smallest absolute Gasteiger partial charge is 0.269 e. The van der Waals surface area contributed by atoms with E-state index in [1.165, 1.54) is 0 Å². The minimum Gasteiger partial charge on any atom is -0.307 e. The van der Waals surface area contributed by atoms with Crippen LogP contribution in [0.5, 0.6) is 0 Å². The fraction of sp³-hybridized carbons (Fsp3) is 0.154. The van der Waals surface area contributed by atoms with Crippen LogP contribution < -0.4 is 5.56 Å². The van der Waals surface area contributed by atoms with E-state index in [9.17, 15) is 4.79 Å². The molecule has 2 aromatic rings. The van der Waals surface area contributed by atoms with E-state index in [1.807, 2.05) is 31.2 Å². The zero-order valence-electron chi connectivity index (χ0n) is 9.58. The summed E-state index contributed by atoms with van der Waals surface area (Å²) in [7, 11) is 0. The Morgan fingerprint density at radius 2 is 1.94 bits per heavy atom. The minimum absolute atomic E-state index is 0.161. The van der Waals surface area contributed by atoms with Crippen molar-refractivity contribution in [2.75, 3.05) is 0 Å². The van der Waals surface area contributed by atoms with Gasteiger partial charge in [-0.1, -0.05) is 49.5 Å². The third-order valence-corrected chi connectivity index (χ3v) is 4.09. The molecule has 2 rings (SSSR count). The van der Waals surface area contributed by atoms with Crippen molar-refractivity contribution in [2.24, 2.45) is 0 Å². The predicted molar refractivity (Wildman–Crippen MR) is 82.2 cm³/mol. The quantitative estimate of drug-likeness (QED) is 0.726. The molecule has 18 heavy (non-hydrogen) atoms. The molecule has 0 aliphatic heterocycles. The van der Waals surface area contributed by atoms with Gasteiger partial charge >= 0.3 is 0 Å². The Labute approximate surface area is 127 Å². The molecule has 1 aromatic heterocycles. The minimum atomic E-state index is -0.161. The molecule has 0 radical (unpaired) electrons. The second-order valence-electron chi connectivity index (χ2n) is 3.74. The van der Waals surface area contributed by atoms with Gasteiger partial charge in [0.25, 0.3) is 5.56 Å². The van der Waals surface area contributed by atoms with E-state index in [-0.39, 0.29) is 10.6 Å². The Bertz CT molecular complexity index is 652. The summed E-state index contributed by atoms with van der Waals surface area (Å²) in [4.78, 5) is 12.0. The highest BCUT2D eigenvalue weighted by molar-refractivity contribution is 9.11. The molecule has 94 valence electrons. The lowest BCUT2D eigenvalue weighted by atomic mass is 10.1. The first-order valence-corrected chi connectivity index (χ1v) is 7.35. The van der Waals surface area contributed by atoms with Crippen LogP contribution in [0, 0.1) is 0 Å². The van der Waals surface area contributed by atoms with Gasteiger partial charge in [-0.2, -0.15) is 0 Å². The largest absolute Gasteiger partial charge is 0.307 e. The molecule has 0 bridgehead atoms. The summed E-state index contributed by atoms with van der Waals surface area (Å²) in [5.41, 5.74) is 1.66. The summed E-state index contributed by atoms with van der Waals surface area (Å²) in [5, 5.41) is 0.244. The number of nitrogens with zero attached hydrogens (tertiary/aromatic N) is 1. The van der Waals surface area contributed by atoms with Crippen LogP contribution in [0.4, 0.5) is 0 Å². The summed E-state index contributed by atoms with van der Waals surface area (Å²) < 4.78 is 3.58. The van der Waals surface area contributed by atoms with Crippen LogP contribution in [-0.4, -0.2) is 4.57 Å². The molecule has 1 heterocycles. The van der Waals surface area contributed by atoms with E-state index in [1.54, 1.807) is 10.6 Å². The van der Waals surface area contributed by atoms with Crippen molar-refractivity contribution in [3.8, 4) is 11.3 Å². The average molecular weight is 391 g/mol. The Kier molecular flexibility index (Phi) is 4.30. The lowest BCUT2D eigenvalue weighted by Crippen LogP contribution is -2.21. The van der Waals surface area contributed by atoms with Crippen molar-refractivity contribution >= 4 is 43.5 Å². The summed E-state index contributed by atoms with van der Waals surface area (Å²) >= 11 is 12.8. The maximum Gasteiger partial charge on any atom is 0.269 e. The van der Waals surface area contributed by atoms with E-state index >= 15 is 0 Å². The number of benzene rings is 1. The molecule has 0 atom stereocenters. The monoisotopic (exact) mass is 389 g/mol. The van der Waals surface area contributed by atoms with E-state index in [4.69, 9.17) is 11.6 Å². The Morgan fingerprint density at radius 3 is 2.56 bits per heavy atom. The molecule has 0 amide bonds. The van der Waals surface area contributed by atoms with Crippen LogP contribution in [0.25, 0.3) is 11.3 Å². The SMILES string of the molecule is CCn1c(-c2ccc(Br)cc2Br)ccc(Cl)c1=O. The highest BCUT2D eigenvalue weighted by atomic mass is 79.9. The number of rotatable bonds is 2. The first-order valence-electron chi connectivity index (χ1n) is 5.39.